The minimum Gasteiger partial charge on any atom is -0.486 e. The molecule has 1 aromatic rings. The van der Waals surface area contributed by atoms with Crippen LogP contribution in [0.5, 0.6) is 11.5 Å². The summed E-state index contributed by atoms with van der Waals surface area (Å²) < 4.78 is 11.2. The molecular formula is C16H21O2. The van der Waals surface area contributed by atoms with Gasteiger partial charge >= 0.3 is 0 Å². The van der Waals surface area contributed by atoms with Gasteiger partial charge in [-0.05, 0) is 30.5 Å². The molecule has 0 aromatic heterocycles. The summed E-state index contributed by atoms with van der Waals surface area (Å²) >= 11 is 0. The second kappa shape index (κ2) is 8.40. The number of unbranched alkanes of at least 4 members (excludes halogenated alkanes) is 1. The van der Waals surface area contributed by atoms with Gasteiger partial charge in [-0.3, -0.25) is 0 Å². The van der Waals surface area contributed by atoms with Crippen molar-refractivity contribution in [3.8, 4) is 11.5 Å². The maximum atomic E-state index is 5.61. The van der Waals surface area contributed by atoms with E-state index < -0.39 is 0 Å². The fourth-order valence-corrected chi connectivity index (χ4v) is 1.57. The summed E-state index contributed by atoms with van der Waals surface area (Å²) in [5.74, 6) is 1.51. The first-order chi connectivity index (χ1) is 8.81. The van der Waals surface area contributed by atoms with Crippen LogP contribution in [0.15, 0.2) is 43.5 Å². The molecule has 0 aliphatic heterocycles. The number of hydrogen-bond donors (Lipinski definition) is 0. The Hall–Kier alpha value is -1.70. The average Bonchev–Trinajstić information content (AvgIpc) is 2.41. The van der Waals surface area contributed by atoms with Crippen LogP contribution in [0.25, 0.3) is 0 Å². The number of aryl methyl sites for hydroxylation is 1. The van der Waals surface area contributed by atoms with Gasteiger partial charge in [0.2, 0.25) is 0 Å². The molecule has 0 fully saturated rings. The zero-order valence-electron chi connectivity index (χ0n) is 10.9. The summed E-state index contributed by atoms with van der Waals surface area (Å²) in [5, 5.41) is 0. The molecule has 1 radical (unpaired) electrons. The van der Waals surface area contributed by atoms with Gasteiger partial charge in [-0.1, -0.05) is 44.7 Å². The van der Waals surface area contributed by atoms with Crippen molar-refractivity contribution in [2.24, 2.45) is 0 Å². The molecule has 0 aliphatic carbocycles. The van der Waals surface area contributed by atoms with E-state index in [9.17, 15) is 0 Å². The molecular weight excluding hydrogens is 224 g/mol. The maximum Gasteiger partial charge on any atom is 0.161 e. The van der Waals surface area contributed by atoms with Crippen LogP contribution in [0.3, 0.4) is 0 Å². The molecule has 0 bridgehead atoms. The highest BCUT2D eigenvalue weighted by Crippen LogP contribution is 2.29. The molecule has 0 heterocycles. The van der Waals surface area contributed by atoms with Crippen LogP contribution < -0.4 is 9.47 Å². The molecule has 0 spiro atoms. The Kier molecular flexibility index (Phi) is 6.70. The van der Waals surface area contributed by atoms with E-state index in [1.165, 1.54) is 5.56 Å². The number of rotatable bonds is 9. The fourth-order valence-electron chi connectivity index (χ4n) is 1.57. The third kappa shape index (κ3) is 4.66. The van der Waals surface area contributed by atoms with E-state index in [0.717, 1.165) is 30.8 Å². The average molecular weight is 245 g/mol. The molecule has 2 nitrogen and oxygen atoms in total. The molecule has 1 rings (SSSR count). The lowest BCUT2D eigenvalue weighted by Gasteiger charge is -2.12. The van der Waals surface area contributed by atoms with Crippen LogP contribution in [0.2, 0.25) is 0 Å². The van der Waals surface area contributed by atoms with Gasteiger partial charge in [-0.2, -0.15) is 0 Å². The van der Waals surface area contributed by atoms with Gasteiger partial charge < -0.3 is 9.47 Å². The third-order valence-electron chi connectivity index (χ3n) is 2.44. The van der Waals surface area contributed by atoms with Gasteiger partial charge in [0.05, 0.1) is 0 Å². The van der Waals surface area contributed by atoms with Crippen molar-refractivity contribution < 1.29 is 9.47 Å². The van der Waals surface area contributed by atoms with Crippen molar-refractivity contribution in [1.82, 2.24) is 0 Å². The quantitative estimate of drug-likeness (QED) is 0.613. The smallest absolute Gasteiger partial charge is 0.161 e. The van der Waals surface area contributed by atoms with Crippen molar-refractivity contribution in [2.75, 3.05) is 13.2 Å². The summed E-state index contributed by atoms with van der Waals surface area (Å²) in [6.07, 6.45) is 6.47. The largest absolute Gasteiger partial charge is 0.486 e. The van der Waals surface area contributed by atoms with Gasteiger partial charge in [0.15, 0.2) is 11.5 Å². The highest BCUT2D eigenvalue weighted by Gasteiger charge is 2.06. The Balaban J connectivity index is 2.80. The van der Waals surface area contributed by atoms with Crippen LogP contribution in [0.4, 0.5) is 0 Å². The number of benzene rings is 1. The molecule has 0 aliphatic rings. The van der Waals surface area contributed by atoms with E-state index in [2.05, 4.69) is 26.1 Å². The molecule has 97 valence electrons. The Morgan fingerprint density at radius 3 is 2.28 bits per heavy atom. The minimum absolute atomic E-state index is 0.475. The molecule has 18 heavy (non-hydrogen) atoms. The highest BCUT2D eigenvalue weighted by atomic mass is 16.5. The summed E-state index contributed by atoms with van der Waals surface area (Å²) in [4.78, 5) is 0. The van der Waals surface area contributed by atoms with Crippen molar-refractivity contribution in [2.45, 2.75) is 19.3 Å². The van der Waals surface area contributed by atoms with Crippen molar-refractivity contribution in [3.63, 3.8) is 0 Å². The Labute approximate surface area is 110 Å². The lowest BCUT2D eigenvalue weighted by atomic mass is 10.1. The van der Waals surface area contributed by atoms with Crippen molar-refractivity contribution in [3.05, 3.63) is 56.0 Å². The third-order valence-corrected chi connectivity index (χ3v) is 2.44. The predicted octanol–water partition coefficient (Wildman–Crippen LogP) is 3.97. The van der Waals surface area contributed by atoms with Gasteiger partial charge in [-0.25, -0.2) is 0 Å². The van der Waals surface area contributed by atoms with Gasteiger partial charge in [0, 0.05) is 0 Å². The Morgan fingerprint density at radius 1 is 1.00 bits per heavy atom. The molecule has 1 aromatic carbocycles. The van der Waals surface area contributed by atoms with Crippen LogP contribution >= 0.6 is 0 Å². The second-order valence-electron chi connectivity index (χ2n) is 3.94. The second-order valence-corrected chi connectivity index (χ2v) is 3.94. The normalized spacial score (nSPS) is 9.83. The zero-order chi connectivity index (χ0) is 13.2. The van der Waals surface area contributed by atoms with Gasteiger partial charge in [0.1, 0.15) is 13.2 Å². The lowest BCUT2D eigenvalue weighted by molar-refractivity contribution is 0.308. The molecule has 0 saturated heterocycles. The first kappa shape index (κ1) is 14.4. The lowest BCUT2D eigenvalue weighted by Crippen LogP contribution is -2.00. The van der Waals surface area contributed by atoms with Crippen molar-refractivity contribution >= 4 is 0 Å². The predicted molar refractivity (Wildman–Crippen MR) is 76.1 cm³/mol. The topological polar surface area (TPSA) is 18.5 Å². The first-order valence-corrected chi connectivity index (χ1v) is 6.21. The van der Waals surface area contributed by atoms with Gasteiger partial charge in [0.25, 0.3) is 0 Å². The standard InChI is InChI=1S/C16H21O2/c1-4-7-8-14-9-10-15(17-11-5-2)16(13-14)18-12-6-3/h5-6,9-10,13H,1-4,7-8,11-12H2. The number of hydrogen-bond acceptors (Lipinski definition) is 2. The Bertz CT molecular complexity index is 383. The van der Waals surface area contributed by atoms with Crippen molar-refractivity contribution in [1.29, 1.82) is 0 Å². The van der Waals surface area contributed by atoms with Crippen LogP contribution in [-0.2, 0) is 6.42 Å². The monoisotopic (exact) mass is 245 g/mol. The fraction of sp³-hybridized carbons (Fsp3) is 0.312. The van der Waals surface area contributed by atoms with E-state index in [1.807, 2.05) is 12.1 Å². The number of ether oxygens (including phenoxy) is 2. The zero-order valence-corrected chi connectivity index (χ0v) is 10.9. The molecule has 0 unspecified atom stereocenters. The SMILES string of the molecule is [CH2]CCCc1ccc(OCC=C)c(OCC=C)c1. The van der Waals surface area contributed by atoms with Crippen LogP contribution in [-0.4, -0.2) is 13.2 Å². The summed E-state index contributed by atoms with van der Waals surface area (Å²) in [7, 11) is 0. The van der Waals surface area contributed by atoms with E-state index in [4.69, 9.17) is 9.47 Å². The van der Waals surface area contributed by atoms with E-state index in [0.29, 0.717) is 13.2 Å². The van der Waals surface area contributed by atoms with E-state index in [1.54, 1.807) is 12.2 Å². The molecule has 0 N–H and O–H groups in total. The maximum absolute atomic E-state index is 5.61. The van der Waals surface area contributed by atoms with E-state index in [-0.39, 0.29) is 0 Å². The minimum atomic E-state index is 0.475. The van der Waals surface area contributed by atoms with Crippen LogP contribution in [0.1, 0.15) is 18.4 Å². The first-order valence-electron chi connectivity index (χ1n) is 6.21. The van der Waals surface area contributed by atoms with Crippen LogP contribution in [0, 0.1) is 6.92 Å². The molecule has 2 heteroatoms. The molecule has 0 amide bonds. The molecule has 0 atom stereocenters. The summed E-state index contributed by atoms with van der Waals surface area (Å²) in [6, 6.07) is 6.03. The van der Waals surface area contributed by atoms with Gasteiger partial charge in [-0.15, -0.1) is 0 Å². The highest BCUT2D eigenvalue weighted by molar-refractivity contribution is 5.43. The Morgan fingerprint density at radius 2 is 1.67 bits per heavy atom. The summed E-state index contributed by atoms with van der Waals surface area (Å²) in [5.41, 5.74) is 1.24. The summed E-state index contributed by atoms with van der Waals surface area (Å²) in [6.45, 7) is 12.1. The van der Waals surface area contributed by atoms with E-state index >= 15 is 0 Å². The molecule has 0 saturated carbocycles.